The zero-order valence-electron chi connectivity index (χ0n) is 14.1. The second kappa shape index (κ2) is 5.57. The van der Waals surface area contributed by atoms with Gasteiger partial charge >= 0.3 is 0 Å². The average molecular weight is 366 g/mol. The molecule has 25 heavy (non-hydrogen) atoms. The number of hydrogen-bond donors (Lipinski definition) is 1. The number of pyridine rings is 1. The monoisotopic (exact) mass is 365 g/mol. The maximum absolute atomic E-state index is 12.9. The second-order valence-corrected chi connectivity index (χ2v) is 7.67. The highest BCUT2D eigenvalue weighted by atomic mass is 35.5. The molecule has 3 saturated heterocycles. The number of rotatable bonds is 2. The zero-order valence-corrected chi connectivity index (χ0v) is 14.9. The Bertz CT molecular complexity index is 807. The van der Waals surface area contributed by atoms with Crippen molar-refractivity contribution in [2.24, 2.45) is 5.92 Å². The van der Waals surface area contributed by atoms with Gasteiger partial charge < -0.3 is 19.5 Å². The van der Waals surface area contributed by atoms with Crippen molar-refractivity contribution in [3.63, 3.8) is 0 Å². The van der Waals surface area contributed by atoms with Crippen LogP contribution < -0.4 is 5.56 Å². The molecule has 1 spiro atoms. The number of aromatic amines is 1. The maximum atomic E-state index is 12.9. The molecule has 8 heteroatoms. The quantitative estimate of drug-likeness (QED) is 0.854. The molecular formula is C17H20ClN3O4. The Morgan fingerprint density at radius 2 is 2.20 bits per heavy atom. The first-order valence-electron chi connectivity index (χ1n) is 8.50. The van der Waals surface area contributed by atoms with Crippen LogP contribution in [0.15, 0.2) is 17.1 Å². The van der Waals surface area contributed by atoms with Crippen LogP contribution in [0.25, 0.3) is 0 Å². The van der Waals surface area contributed by atoms with Crippen LogP contribution in [0.3, 0.4) is 0 Å². The normalized spacial score (nSPS) is 31.0. The smallest absolute Gasteiger partial charge is 0.266 e. The third kappa shape index (κ3) is 2.25. The van der Waals surface area contributed by atoms with E-state index >= 15 is 0 Å². The standard InChI is InChI=1S/C17H20ClN3O4/c1-9(2)12-8-25-17-3-4-20(13(17)6-14(22)21(12)17)16(24)10-5-11(18)15(23)19-7-10/h5,7,9,12-13H,3-4,6,8H2,1-2H3,(H,19,23)/t12-,13+,17-/m0/s1. The summed E-state index contributed by atoms with van der Waals surface area (Å²) in [5.41, 5.74) is -0.823. The minimum Gasteiger partial charge on any atom is -0.351 e. The summed E-state index contributed by atoms with van der Waals surface area (Å²) >= 11 is 5.84. The Morgan fingerprint density at radius 3 is 2.88 bits per heavy atom. The summed E-state index contributed by atoms with van der Waals surface area (Å²) in [6, 6.07) is 1.12. The number of amides is 2. The average Bonchev–Trinajstić information content (AvgIpc) is 3.19. The van der Waals surface area contributed by atoms with Crippen molar-refractivity contribution in [1.29, 1.82) is 0 Å². The van der Waals surface area contributed by atoms with Crippen LogP contribution in [0.4, 0.5) is 0 Å². The van der Waals surface area contributed by atoms with E-state index in [1.165, 1.54) is 12.3 Å². The van der Waals surface area contributed by atoms with E-state index in [0.717, 1.165) is 0 Å². The van der Waals surface area contributed by atoms with Crippen molar-refractivity contribution >= 4 is 23.4 Å². The molecule has 0 aromatic carbocycles. The van der Waals surface area contributed by atoms with Gasteiger partial charge in [-0.2, -0.15) is 0 Å². The second-order valence-electron chi connectivity index (χ2n) is 7.26. The molecular weight excluding hydrogens is 346 g/mol. The highest BCUT2D eigenvalue weighted by Gasteiger charge is 2.65. The van der Waals surface area contributed by atoms with Crippen molar-refractivity contribution in [1.82, 2.24) is 14.8 Å². The minimum atomic E-state index is -0.701. The van der Waals surface area contributed by atoms with Crippen LogP contribution in [0.2, 0.25) is 5.02 Å². The van der Waals surface area contributed by atoms with Gasteiger partial charge in [0.1, 0.15) is 5.02 Å². The fraction of sp³-hybridized carbons (Fsp3) is 0.588. The molecule has 1 aromatic rings. The van der Waals surface area contributed by atoms with Gasteiger partial charge in [-0.1, -0.05) is 25.4 Å². The molecule has 3 aliphatic rings. The number of nitrogens with zero attached hydrogens (tertiary/aromatic N) is 2. The molecule has 3 atom stereocenters. The van der Waals surface area contributed by atoms with E-state index < -0.39 is 11.3 Å². The highest BCUT2D eigenvalue weighted by molar-refractivity contribution is 6.30. The number of halogens is 1. The summed E-state index contributed by atoms with van der Waals surface area (Å²) in [4.78, 5) is 43.0. The van der Waals surface area contributed by atoms with Gasteiger partial charge in [0.05, 0.1) is 30.7 Å². The van der Waals surface area contributed by atoms with E-state index in [1.807, 2.05) is 4.90 Å². The van der Waals surface area contributed by atoms with Crippen LogP contribution in [0.1, 0.15) is 37.0 Å². The Kier molecular flexibility index (Phi) is 3.70. The Hall–Kier alpha value is -1.86. The first kappa shape index (κ1) is 16.6. The molecule has 0 aliphatic carbocycles. The van der Waals surface area contributed by atoms with Crippen molar-refractivity contribution < 1.29 is 14.3 Å². The number of carbonyl (C=O) groups excluding carboxylic acids is 2. The predicted octanol–water partition coefficient (Wildman–Crippen LogP) is 1.23. The van der Waals surface area contributed by atoms with Gasteiger partial charge in [0.15, 0.2) is 5.72 Å². The molecule has 4 rings (SSSR count). The van der Waals surface area contributed by atoms with Gasteiger partial charge in [-0.05, 0) is 12.0 Å². The fourth-order valence-electron chi connectivity index (χ4n) is 4.36. The molecule has 134 valence electrons. The summed E-state index contributed by atoms with van der Waals surface area (Å²) in [7, 11) is 0. The molecule has 0 radical (unpaired) electrons. The molecule has 3 aliphatic heterocycles. The van der Waals surface area contributed by atoms with Crippen molar-refractivity contribution in [3.8, 4) is 0 Å². The fourth-order valence-corrected chi connectivity index (χ4v) is 4.53. The minimum absolute atomic E-state index is 0.0270. The Labute approximate surface area is 149 Å². The molecule has 3 fully saturated rings. The predicted molar refractivity (Wildman–Crippen MR) is 90.3 cm³/mol. The lowest BCUT2D eigenvalue weighted by atomic mass is 10.0. The SMILES string of the molecule is CC(C)[C@@H]1CO[C@@]23CCN(C(=O)c4c[nH]c(=O)c(Cl)c4)[C@@H]2CC(=O)N13. The first-order chi connectivity index (χ1) is 11.8. The molecule has 0 unspecified atom stereocenters. The highest BCUT2D eigenvalue weighted by Crippen LogP contribution is 2.49. The van der Waals surface area contributed by atoms with Crippen LogP contribution >= 0.6 is 11.6 Å². The largest absolute Gasteiger partial charge is 0.351 e. The molecule has 4 heterocycles. The number of H-pyrrole nitrogens is 1. The van der Waals surface area contributed by atoms with E-state index in [9.17, 15) is 14.4 Å². The van der Waals surface area contributed by atoms with Gasteiger partial charge in [-0.25, -0.2) is 0 Å². The molecule has 1 aromatic heterocycles. The van der Waals surface area contributed by atoms with Crippen LogP contribution in [-0.4, -0.2) is 57.6 Å². The lowest BCUT2D eigenvalue weighted by Crippen LogP contribution is -2.51. The summed E-state index contributed by atoms with van der Waals surface area (Å²) in [5, 5.41) is -0.0270. The van der Waals surface area contributed by atoms with Gasteiger partial charge in [-0.3, -0.25) is 14.4 Å². The van der Waals surface area contributed by atoms with E-state index in [-0.39, 0.29) is 35.3 Å². The maximum Gasteiger partial charge on any atom is 0.266 e. The summed E-state index contributed by atoms with van der Waals surface area (Å²) in [6.07, 6.45) is 2.24. The van der Waals surface area contributed by atoms with E-state index in [1.54, 1.807) is 4.90 Å². The first-order valence-corrected chi connectivity index (χ1v) is 8.88. The van der Waals surface area contributed by atoms with E-state index in [4.69, 9.17) is 16.3 Å². The molecule has 0 saturated carbocycles. The number of carbonyl (C=O) groups is 2. The molecule has 7 nitrogen and oxygen atoms in total. The number of aromatic nitrogens is 1. The van der Waals surface area contributed by atoms with Gasteiger partial charge in [0.25, 0.3) is 11.5 Å². The van der Waals surface area contributed by atoms with Crippen LogP contribution in [0.5, 0.6) is 0 Å². The number of hydrogen-bond acceptors (Lipinski definition) is 4. The van der Waals surface area contributed by atoms with Gasteiger partial charge in [-0.15, -0.1) is 0 Å². The number of ether oxygens (including phenoxy) is 1. The third-order valence-corrected chi connectivity index (χ3v) is 5.90. The summed E-state index contributed by atoms with van der Waals surface area (Å²) in [6.45, 7) is 5.17. The molecule has 0 bridgehead atoms. The Morgan fingerprint density at radius 1 is 1.44 bits per heavy atom. The lowest BCUT2D eigenvalue weighted by Gasteiger charge is -2.34. The van der Waals surface area contributed by atoms with Crippen molar-refractivity contribution in [2.45, 2.75) is 44.5 Å². The summed E-state index contributed by atoms with van der Waals surface area (Å²) < 4.78 is 6.12. The van der Waals surface area contributed by atoms with E-state index in [0.29, 0.717) is 31.1 Å². The van der Waals surface area contributed by atoms with Crippen LogP contribution in [0, 0.1) is 5.92 Å². The molecule has 2 amide bonds. The topological polar surface area (TPSA) is 82.7 Å². The number of nitrogens with one attached hydrogen (secondary N) is 1. The lowest BCUT2D eigenvalue weighted by molar-refractivity contribution is -0.139. The Balaban J connectivity index is 1.65. The molecule has 1 N–H and O–H groups in total. The van der Waals surface area contributed by atoms with Gasteiger partial charge in [0.2, 0.25) is 5.91 Å². The summed E-state index contributed by atoms with van der Waals surface area (Å²) in [5.74, 6) is 0.0919. The van der Waals surface area contributed by atoms with Gasteiger partial charge in [0, 0.05) is 19.2 Å². The van der Waals surface area contributed by atoms with E-state index in [2.05, 4.69) is 18.8 Å². The van der Waals surface area contributed by atoms with Crippen molar-refractivity contribution in [3.05, 3.63) is 33.2 Å². The number of likely N-dealkylation sites (tertiary alicyclic amines) is 1. The van der Waals surface area contributed by atoms with Crippen molar-refractivity contribution in [2.75, 3.05) is 13.2 Å². The van der Waals surface area contributed by atoms with Crippen LogP contribution in [-0.2, 0) is 9.53 Å². The zero-order chi connectivity index (χ0) is 17.9. The third-order valence-electron chi connectivity index (χ3n) is 5.62.